The summed E-state index contributed by atoms with van der Waals surface area (Å²) < 4.78 is 45.8. The lowest BCUT2D eigenvalue weighted by molar-refractivity contribution is 0.373. The summed E-state index contributed by atoms with van der Waals surface area (Å²) in [6.45, 7) is 0. The Bertz CT molecular complexity index is 1470. The van der Waals surface area contributed by atoms with Crippen molar-refractivity contribution in [3.05, 3.63) is 75.3 Å². The van der Waals surface area contributed by atoms with E-state index >= 15 is 0 Å². The molecule has 2 aromatic carbocycles. The molecule has 0 amide bonds. The molecule has 1 unspecified atom stereocenters. The molecule has 1 aromatic heterocycles. The van der Waals surface area contributed by atoms with Crippen LogP contribution < -0.4 is 19.8 Å². The van der Waals surface area contributed by atoms with Crippen molar-refractivity contribution < 1.29 is 27.4 Å². The van der Waals surface area contributed by atoms with E-state index < -0.39 is 21.6 Å². The molecule has 5 rings (SSSR count). The molecule has 2 aliphatic carbocycles. The molecule has 0 spiro atoms. The molecule has 0 saturated heterocycles. The first-order chi connectivity index (χ1) is 18.3. The Balaban J connectivity index is 1.54. The molecule has 2 aliphatic rings. The monoisotopic (exact) mass is 539 g/mol. The number of methoxy groups -OCH3 is 2. The van der Waals surface area contributed by atoms with Crippen molar-refractivity contribution in [2.24, 2.45) is 5.92 Å². The highest BCUT2D eigenvalue weighted by molar-refractivity contribution is 7.93. The SMILES string of the molecule is COc1cccc(OC)c1S(=O)(=O)Nc1cccc(C(c2c(O)c3c(oc2=O)CCCCCC3)C2CC2)c1. The molecule has 1 saturated carbocycles. The van der Waals surface area contributed by atoms with Gasteiger partial charge in [0.1, 0.15) is 23.0 Å². The smallest absolute Gasteiger partial charge is 0.343 e. The number of ether oxygens (including phenoxy) is 2. The summed E-state index contributed by atoms with van der Waals surface area (Å²) in [6.07, 6.45) is 7.18. The van der Waals surface area contributed by atoms with Crippen LogP contribution >= 0.6 is 0 Å². The van der Waals surface area contributed by atoms with Gasteiger partial charge < -0.3 is 19.0 Å². The topological polar surface area (TPSA) is 115 Å². The van der Waals surface area contributed by atoms with Gasteiger partial charge in [-0.05, 0) is 67.9 Å². The van der Waals surface area contributed by atoms with Crippen LogP contribution in [0.5, 0.6) is 17.2 Å². The van der Waals surface area contributed by atoms with Crippen LogP contribution in [0.25, 0.3) is 0 Å². The van der Waals surface area contributed by atoms with E-state index in [0.29, 0.717) is 24.3 Å². The maximum Gasteiger partial charge on any atom is 0.343 e. The normalized spacial score (nSPS) is 16.6. The predicted octanol–water partition coefficient (Wildman–Crippen LogP) is 5.36. The Morgan fingerprint density at radius 1 is 0.974 bits per heavy atom. The lowest BCUT2D eigenvalue weighted by Crippen LogP contribution is -2.19. The summed E-state index contributed by atoms with van der Waals surface area (Å²) in [5, 5.41) is 11.4. The van der Waals surface area contributed by atoms with Gasteiger partial charge in [0.25, 0.3) is 10.0 Å². The van der Waals surface area contributed by atoms with Crippen molar-refractivity contribution in [1.82, 2.24) is 0 Å². The summed E-state index contributed by atoms with van der Waals surface area (Å²) in [6, 6.07) is 11.7. The third-order valence-electron chi connectivity index (χ3n) is 7.45. The van der Waals surface area contributed by atoms with Gasteiger partial charge in [-0.15, -0.1) is 0 Å². The van der Waals surface area contributed by atoms with E-state index in [1.807, 2.05) is 6.07 Å². The zero-order valence-corrected chi connectivity index (χ0v) is 22.5. The zero-order chi connectivity index (χ0) is 26.9. The molecule has 2 N–H and O–H groups in total. The second kappa shape index (κ2) is 10.7. The summed E-state index contributed by atoms with van der Waals surface area (Å²) >= 11 is 0. The minimum atomic E-state index is -4.08. The highest BCUT2D eigenvalue weighted by Crippen LogP contribution is 2.49. The molecular weight excluding hydrogens is 506 g/mol. The van der Waals surface area contributed by atoms with Gasteiger partial charge in [0, 0.05) is 23.6 Å². The van der Waals surface area contributed by atoms with E-state index in [0.717, 1.165) is 49.7 Å². The highest BCUT2D eigenvalue weighted by Gasteiger charge is 2.38. The number of nitrogens with one attached hydrogen (secondary N) is 1. The van der Waals surface area contributed by atoms with E-state index in [-0.39, 0.29) is 33.6 Å². The Kier molecular flexibility index (Phi) is 7.38. The van der Waals surface area contributed by atoms with Crippen molar-refractivity contribution in [3.63, 3.8) is 0 Å². The van der Waals surface area contributed by atoms with Crippen LogP contribution in [0.15, 0.2) is 56.6 Å². The van der Waals surface area contributed by atoms with Crippen molar-refractivity contribution >= 4 is 15.7 Å². The van der Waals surface area contributed by atoms with Crippen molar-refractivity contribution in [1.29, 1.82) is 0 Å². The van der Waals surface area contributed by atoms with Crippen molar-refractivity contribution in [3.8, 4) is 17.2 Å². The van der Waals surface area contributed by atoms with Crippen LogP contribution in [-0.2, 0) is 22.9 Å². The molecule has 1 fully saturated rings. The molecule has 8 nitrogen and oxygen atoms in total. The second-order valence-electron chi connectivity index (χ2n) is 10.0. The van der Waals surface area contributed by atoms with Crippen LogP contribution in [-0.4, -0.2) is 27.7 Å². The van der Waals surface area contributed by atoms with E-state index in [9.17, 15) is 18.3 Å². The third-order valence-corrected chi connectivity index (χ3v) is 8.89. The number of sulfonamides is 1. The molecule has 1 atom stereocenters. The predicted molar refractivity (Wildman–Crippen MR) is 144 cm³/mol. The molecular formula is C29H33NO7S. The number of anilines is 1. The fourth-order valence-corrected chi connectivity index (χ4v) is 6.85. The first-order valence-electron chi connectivity index (χ1n) is 13.1. The molecule has 3 aromatic rings. The van der Waals surface area contributed by atoms with Crippen molar-refractivity contribution in [2.45, 2.75) is 62.2 Å². The van der Waals surface area contributed by atoms with Gasteiger partial charge in [-0.1, -0.05) is 31.0 Å². The number of fused-ring (bicyclic) bond motifs is 1. The minimum Gasteiger partial charge on any atom is -0.507 e. The number of hydrogen-bond acceptors (Lipinski definition) is 7. The second-order valence-corrected chi connectivity index (χ2v) is 11.6. The number of benzene rings is 2. The van der Waals surface area contributed by atoms with Crippen LogP contribution in [0.4, 0.5) is 5.69 Å². The van der Waals surface area contributed by atoms with Crippen LogP contribution in [0.2, 0.25) is 0 Å². The van der Waals surface area contributed by atoms with E-state index in [1.54, 1.807) is 36.4 Å². The lowest BCUT2D eigenvalue weighted by atomic mass is 9.85. The molecule has 0 bridgehead atoms. The van der Waals surface area contributed by atoms with Crippen molar-refractivity contribution in [2.75, 3.05) is 18.9 Å². The Labute approximate surface area is 222 Å². The molecule has 0 radical (unpaired) electrons. The zero-order valence-electron chi connectivity index (χ0n) is 21.7. The van der Waals surface area contributed by atoms with Gasteiger partial charge >= 0.3 is 5.63 Å². The Hall–Kier alpha value is -3.46. The molecule has 9 heteroatoms. The summed E-state index contributed by atoms with van der Waals surface area (Å²) in [4.78, 5) is 13.1. The largest absolute Gasteiger partial charge is 0.507 e. The lowest BCUT2D eigenvalue weighted by Gasteiger charge is -2.22. The Morgan fingerprint density at radius 2 is 1.63 bits per heavy atom. The molecule has 38 heavy (non-hydrogen) atoms. The van der Waals surface area contributed by atoms with E-state index in [2.05, 4.69) is 4.72 Å². The highest BCUT2D eigenvalue weighted by atomic mass is 32.2. The standard InChI is InChI=1S/C29H33NO7S/c1-35-23-13-8-14-24(36-2)28(23)38(33,34)30-20-10-7-9-19(17-20)25(18-15-16-18)26-27(31)21-11-5-3-4-6-12-22(21)37-29(26)32/h7-10,13-14,17-18,25,30-31H,3-6,11-12,15-16H2,1-2H3. The quantitative estimate of drug-likeness (QED) is 0.396. The first-order valence-corrected chi connectivity index (χ1v) is 14.5. The Morgan fingerprint density at radius 3 is 2.29 bits per heavy atom. The summed E-state index contributed by atoms with van der Waals surface area (Å²) in [5.41, 5.74) is 1.58. The fourth-order valence-electron chi connectivity index (χ4n) is 5.48. The molecule has 1 heterocycles. The van der Waals surface area contributed by atoms with Gasteiger partial charge in [0.05, 0.1) is 19.8 Å². The van der Waals surface area contributed by atoms with E-state index in [4.69, 9.17) is 13.9 Å². The number of aromatic hydroxyl groups is 1. The molecule has 202 valence electrons. The average molecular weight is 540 g/mol. The van der Waals surface area contributed by atoms with Gasteiger partial charge in [0.15, 0.2) is 4.90 Å². The van der Waals surface area contributed by atoms with Crippen LogP contribution in [0.3, 0.4) is 0 Å². The van der Waals surface area contributed by atoms with E-state index in [1.165, 1.54) is 14.2 Å². The van der Waals surface area contributed by atoms with Crippen LogP contribution in [0, 0.1) is 5.92 Å². The summed E-state index contributed by atoms with van der Waals surface area (Å²) in [7, 11) is -1.28. The number of hydrogen-bond donors (Lipinski definition) is 2. The number of rotatable bonds is 8. The summed E-state index contributed by atoms with van der Waals surface area (Å²) in [5.74, 6) is 0.723. The maximum absolute atomic E-state index is 13.4. The molecule has 0 aliphatic heterocycles. The van der Waals surface area contributed by atoms with Gasteiger partial charge in [-0.2, -0.15) is 0 Å². The minimum absolute atomic E-state index is 0.0415. The first kappa shape index (κ1) is 26.2. The third kappa shape index (κ3) is 5.12. The average Bonchev–Trinajstić information content (AvgIpc) is 3.72. The maximum atomic E-state index is 13.4. The number of aryl methyl sites for hydroxylation is 1. The van der Waals surface area contributed by atoms with Gasteiger partial charge in [0.2, 0.25) is 0 Å². The van der Waals surface area contributed by atoms with Gasteiger partial charge in [-0.3, -0.25) is 4.72 Å². The fraction of sp³-hybridized carbons (Fsp3) is 0.414. The van der Waals surface area contributed by atoms with Gasteiger partial charge in [-0.25, -0.2) is 13.2 Å². The van der Waals surface area contributed by atoms with Crippen LogP contribution in [0.1, 0.15) is 66.9 Å².